The van der Waals surface area contributed by atoms with Gasteiger partial charge in [0.15, 0.2) is 11.6 Å². The molecule has 9 heteroatoms. The van der Waals surface area contributed by atoms with Crippen LogP contribution in [0.2, 0.25) is 5.15 Å². The van der Waals surface area contributed by atoms with Crippen molar-refractivity contribution in [2.45, 2.75) is 45.6 Å². The van der Waals surface area contributed by atoms with Gasteiger partial charge in [-0.05, 0) is 25.8 Å². The molecule has 1 fully saturated rings. The van der Waals surface area contributed by atoms with Crippen molar-refractivity contribution in [1.82, 2.24) is 9.88 Å². The second-order valence-electron chi connectivity index (χ2n) is 6.57. The highest BCUT2D eigenvalue weighted by Crippen LogP contribution is 2.39. The summed E-state index contributed by atoms with van der Waals surface area (Å²) in [4.78, 5) is 40.1. The summed E-state index contributed by atoms with van der Waals surface area (Å²) in [5, 5.41) is 18.8. The molecule has 7 nitrogen and oxygen atoms in total. The number of carbonyl (C=O) groups excluding carboxylic acids is 1. The van der Waals surface area contributed by atoms with Crippen molar-refractivity contribution in [3.63, 3.8) is 0 Å². The van der Waals surface area contributed by atoms with Crippen molar-refractivity contribution in [3.05, 3.63) is 28.3 Å². The molecule has 0 bridgehead atoms. The molecule has 0 spiro atoms. The zero-order valence-electron chi connectivity index (χ0n) is 14.5. The number of nitrogens with zero attached hydrogens (tertiary/aromatic N) is 2. The fourth-order valence-corrected chi connectivity index (χ4v) is 3.64. The van der Waals surface area contributed by atoms with E-state index in [1.165, 1.54) is 0 Å². The summed E-state index contributed by atoms with van der Waals surface area (Å²) < 4.78 is 14.7. The predicted octanol–water partition coefficient (Wildman–Crippen LogP) is 3.24. The topological polar surface area (TPSA) is 108 Å². The smallest absolute Gasteiger partial charge is 0.407 e. The summed E-state index contributed by atoms with van der Waals surface area (Å²) in [7, 11) is 0. The maximum Gasteiger partial charge on any atom is 0.407 e. The lowest BCUT2D eigenvalue weighted by Gasteiger charge is -2.42. The van der Waals surface area contributed by atoms with Gasteiger partial charge in [-0.1, -0.05) is 18.5 Å². The first-order chi connectivity index (χ1) is 12.1. The second kappa shape index (κ2) is 7.57. The third-order valence-electron chi connectivity index (χ3n) is 4.87. The van der Waals surface area contributed by atoms with Crippen molar-refractivity contribution < 1.29 is 29.0 Å². The highest BCUT2D eigenvalue weighted by molar-refractivity contribution is 6.29. The molecule has 2 rings (SSSR count). The number of aliphatic carboxylic acids is 1. The predicted molar refractivity (Wildman–Crippen MR) is 91.0 cm³/mol. The van der Waals surface area contributed by atoms with Crippen molar-refractivity contribution in [1.29, 1.82) is 0 Å². The molecule has 2 N–H and O–H groups in total. The lowest BCUT2D eigenvalue weighted by Crippen LogP contribution is -2.51. The Bertz CT molecular complexity index is 757. The van der Waals surface area contributed by atoms with Crippen LogP contribution in [-0.4, -0.2) is 50.5 Å². The lowest BCUT2D eigenvalue weighted by molar-refractivity contribution is -0.153. The van der Waals surface area contributed by atoms with Crippen LogP contribution in [0.4, 0.5) is 9.18 Å². The average Bonchev–Trinajstić information content (AvgIpc) is 2.56. The summed E-state index contributed by atoms with van der Waals surface area (Å²) >= 11 is 5.90. The quantitative estimate of drug-likeness (QED) is 0.594. The van der Waals surface area contributed by atoms with Crippen LogP contribution < -0.4 is 0 Å². The van der Waals surface area contributed by atoms with E-state index >= 15 is 0 Å². The third kappa shape index (κ3) is 3.80. The van der Waals surface area contributed by atoms with Gasteiger partial charge in [0.05, 0.1) is 16.7 Å². The monoisotopic (exact) mass is 386 g/mol. The van der Waals surface area contributed by atoms with Crippen LogP contribution in [0.15, 0.2) is 6.07 Å². The van der Waals surface area contributed by atoms with E-state index in [9.17, 15) is 23.9 Å². The zero-order chi connectivity index (χ0) is 19.6. The van der Waals surface area contributed by atoms with Gasteiger partial charge in [-0.15, -0.1) is 0 Å². The minimum absolute atomic E-state index is 0.0132. The van der Waals surface area contributed by atoms with Crippen LogP contribution >= 0.6 is 11.6 Å². The molecule has 1 aliphatic rings. The second-order valence-corrected chi connectivity index (χ2v) is 6.96. The highest BCUT2D eigenvalue weighted by atomic mass is 35.5. The molecule has 142 valence electrons. The summed E-state index contributed by atoms with van der Waals surface area (Å²) in [6, 6.07) is 0.589. The minimum atomic E-state index is -1.38. The van der Waals surface area contributed by atoms with E-state index in [-0.39, 0.29) is 48.6 Å². The number of amides is 1. The van der Waals surface area contributed by atoms with E-state index in [1.54, 1.807) is 13.8 Å². The molecular weight excluding hydrogens is 367 g/mol. The molecule has 1 saturated heterocycles. The van der Waals surface area contributed by atoms with Gasteiger partial charge in [0, 0.05) is 25.4 Å². The number of likely N-dealkylation sites (tertiary alicyclic amines) is 1. The third-order valence-corrected chi connectivity index (χ3v) is 5.06. The maximum atomic E-state index is 14.7. The Balaban J connectivity index is 2.41. The van der Waals surface area contributed by atoms with E-state index in [0.29, 0.717) is 0 Å². The number of Topliss-reactive ketones (excluding diaryl/α,β-unsaturated/α-hetero) is 1. The van der Waals surface area contributed by atoms with Crippen LogP contribution in [0.3, 0.4) is 0 Å². The number of piperidine rings is 1. The van der Waals surface area contributed by atoms with Gasteiger partial charge in [0.1, 0.15) is 5.15 Å². The number of carboxylic acids is 1. The van der Waals surface area contributed by atoms with E-state index in [1.807, 2.05) is 0 Å². The first kappa shape index (κ1) is 20.1. The van der Waals surface area contributed by atoms with Crippen molar-refractivity contribution in [3.8, 4) is 0 Å². The molecular formula is C17H20ClFN2O5. The van der Waals surface area contributed by atoms with Gasteiger partial charge < -0.3 is 15.1 Å². The summed E-state index contributed by atoms with van der Waals surface area (Å²) in [6.07, 6.45) is -1.29. The number of ketones is 1. The Morgan fingerprint density at radius 3 is 2.58 bits per heavy atom. The normalized spacial score (nSPS) is 22.9. The van der Waals surface area contributed by atoms with Crippen molar-refractivity contribution >= 4 is 29.4 Å². The molecule has 0 saturated carbocycles. The number of hydrogen-bond acceptors (Lipinski definition) is 4. The molecule has 1 aromatic heterocycles. The average molecular weight is 387 g/mol. The summed E-state index contributed by atoms with van der Waals surface area (Å²) in [6.45, 7) is 3.21. The van der Waals surface area contributed by atoms with E-state index < -0.39 is 35.1 Å². The molecule has 1 aromatic rings. The molecule has 2 heterocycles. The fraction of sp³-hybridized carbons (Fsp3) is 0.529. The van der Waals surface area contributed by atoms with Gasteiger partial charge in [-0.25, -0.2) is 14.2 Å². The Morgan fingerprint density at radius 1 is 1.42 bits per heavy atom. The Labute approximate surface area is 154 Å². The highest BCUT2D eigenvalue weighted by Gasteiger charge is 2.46. The van der Waals surface area contributed by atoms with Crippen molar-refractivity contribution in [2.75, 3.05) is 6.54 Å². The number of aromatic nitrogens is 1. The van der Waals surface area contributed by atoms with Gasteiger partial charge in [-0.3, -0.25) is 9.59 Å². The van der Waals surface area contributed by atoms with Gasteiger partial charge >= 0.3 is 12.1 Å². The molecule has 2 atom stereocenters. The molecule has 0 aliphatic carbocycles. The maximum absolute atomic E-state index is 14.7. The van der Waals surface area contributed by atoms with Crippen molar-refractivity contribution in [2.24, 2.45) is 5.41 Å². The minimum Gasteiger partial charge on any atom is -0.481 e. The number of carbonyl (C=O) groups is 3. The van der Waals surface area contributed by atoms with Crippen LogP contribution in [0.25, 0.3) is 0 Å². The van der Waals surface area contributed by atoms with E-state index in [2.05, 4.69) is 4.98 Å². The SMILES string of the molecule is CCC(=O)c1cc(Cl)nc(CC2(C(=O)O)CCN(C(=O)O)[C@H](C)C2)c1F. The van der Waals surface area contributed by atoms with E-state index in [4.69, 9.17) is 16.7 Å². The molecule has 1 amide bonds. The fourth-order valence-electron chi connectivity index (χ4n) is 3.43. The van der Waals surface area contributed by atoms with Gasteiger partial charge in [0.25, 0.3) is 0 Å². The summed E-state index contributed by atoms with van der Waals surface area (Å²) in [5.41, 5.74) is -1.78. The Morgan fingerprint density at radius 2 is 2.08 bits per heavy atom. The van der Waals surface area contributed by atoms with Crippen LogP contribution in [0.1, 0.15) is 49.2 Å². The Hall–Kier alpha value is -2.22. The largest absolute Gasteiger partial charge is 0.481 e. The molecule has 1 aliphatic heterocycles. The molecule has 1 unspecified atom stereocenters. The first-order valence-corrected chi connectivity index (χ1v) is 8.60. The molecule has 0 aromatic carbocycles. The zero-order valence-corrected chi connectivity index (χ0v) is 15.2. The number of rotatable bonds is 5. The first-order valence-electron chi connectivity index (χ1n) is 8.22. The van der Waals surface area contributed by atoms with E-state index in [0.717, 1.165) is 11.0 Å². The number of hydrogen-bond donors (Lipinski definition) is 2. The standard InChI is InChI=1S/C17H20ClFN2O5/c1-3-12(22)10-6-13(18)20-11(14(10)19)8-17(15(23)24)4-5-21(16(25)26)9(2)7-17/h6,9H,3-5,7-8H2,1-2H3,(H,23,24)(H,25,26)/t9-,17?/m1/s1. The number of pyridine rings is 1. The molecule has 0 radical (unpaired) electrons. The Kier molecular flexibility index (Phi) is 5.85. The van der Waals surface area contributed by atoms with Gasteiger partial charge in [-0.2, -0.15) is 0 Å². The number of halogens is 2. The van der Waals surface area contributed by atoms with Crippen LogP contribution in [0, 0.1) is 11.2 Å². The molecule has 26 heavy (non-hydrogen) atoms. The van der Waals surface area contributed by atoms with Crippen LogP contribution in [0.5, 0.6) is 0 Å². The van der Waals surface area contributed by atoms with Crippen LogP contribution in [-0.2, 0) is 11.2 Å². The lowest BCUT2D eigenvalue weighted by atomic mass is 9.72. The summed E-state index contributed by atoms with van der Waals surface area (Å²) in [5.74, 6) is -2.47. The number of carboxylic acid groups (broad SMARTS) is 2. The van der Waals surface area contributed by atoms with Gasteiger partial charge in [0.2, 0.25) is 0 Å².